The number of rotatable bonds is 9. The normalized spacial score (nSPS) is 13.7. The topological polar surface area (TPSA) is 142 Å². The lowest BCUT2D eigenvalue weighted by atomic mass is 9.78. The van der Waals surface area contributed by atoms with E-state index < -0.39 is 41.0 Å². The van der Waals surface area contributed by atoms with Gasteiger partial charge < -0.3 is 26.0 Å². The van der Waals surface area contributed by atoms with Gasteiger partial charge in [-0.15, -0.1) is 0 Å². The zero-order valence-electron chi connectivity index (χ0n) is 18.5. The fourth-order valence-corrected chi connectivity index (χ4v) is 3.23. The summed E-state index contributed by atoms with van der Waals surface area (Å²) in [6.07, 6.45) is -0.00964. The summed E-state index contributed by atoms with van der Waals surface area (Å²) in [6.45, 7) is 4.88. The first kappa shape index (κ1) is 25.0. The van der Waals surface area contributed by atoms with Crippen LogP contribution in [0.3, 0.4) is 0 Å². The molecule has 0 amide bonds. The molecular weight excluding hydrogens is 412 g/mol. The number of carbonyl (C=O) groups is 3. The Balaban J connectivity index is 2.43. The number of ether oxygens (including phenoxy) is 2. The maximum Gasteiger partial charge on any atom is 0.339 e. The second-order valence-corrected chi connectivity index (χ2v) is 8.64. The van der Waals surface area contributed by atoms with Crippen molar-refractivity contribution in [2.75, 3.05) is 0 Å². The lowest BCUT2D eigenvalue weighted by molar-refractivity contribution is -0.174. The molecule has 5 N–H and O–H groups in total. The molecule has 0 aliphatic heterocycles. The Kier molecular flexibility index (Phi) is 8.13. The number of benzene rings is 2. The van der Waals surface area contributed by atoms with Crippen LogP contribution in [-0.4, -0.2) is 34.3 Å². The van der Waals surface area contributed by atoms with Crippen LogP contribution in [0.4, 0.5) is 0 Å². The highest BCUT2D eigenvalue weighted by Crippen LogP contribution is 2.29. The standard InChI is InChI=1S/C24H30N2O6/c1-23(2,3)32-20(27)18(14-16-10-6-4-7-11-16)19(24(25,26)22(29)30)21(28)31-15-17-12-8-5-9-13-17/h4-13,18-19H,14-15,25-26H2,1-3H3,(H,29,30). The number of aliphatic carboxylic acids is 1. The summed E-state index contributed by atoms with van der Waals surface area (Å²) in [4.78, 5) is 38.1. The Morgan fingerprint density at radius 1 is 0.875 bits per heavy atom. The van der Waals surface area contributed by atoms with Gasteiger partial charge in [0.15, 0.2) is 5.66 Å². The van der Waals surface area contributed by atoms with Crippen LogP contribution >= 0.6 is 0 Å². The largest absolute Gasteiger partial charge is 0.479 e. The van der Waals surface area contributed by atoms with Crippen molar-refractivity contribution in [1.29, 1.82) is 0 Å². The number of esters is 2. The average molecular weight is 443 g/mol. The molecule has 0 aromatic heterocycles. The third kappa shape index (κ3) is 6.90. The van der Waals surface area contributed by atoms with E-state index in [0.29, 0.717) is 11.1 Å². The smallest absolute Gasteiger partial charge is 0.339 e. The van der Waals surface area contributed by atoms with Crippen molar-refractivity contribution in [3.8, 4) is 0 Å². The molecule has 2 aromatic carbocycles. The number of carboxylic acid groups (broad SMARTS) is 1. The molecule has 0 radical (unpaired) electrons. The molecule has 0 aliphatic rings. The summed E-state index contributed by atoms with van der Waals surface area (Å²) >= 11 is 0. The molecule has 0 aliphatic carbocycles. The molecule has 172 valence electrons. The zero-order valence-corrected chi connectivity index (χ0v) is 18.5. The first-order valence-corrected chi connectivity index (χ1v) is 10.2. The van der Waals surface area contributed by atoms with E-state index in [4.69, 9.17) is 20.9 Å². The van der Waals surface area contributed by atoms with Crippen LogP contribution in [0.15, 0.2) is 60.7 Å². The Bertz CT molecular complexity index is 923. The van der Waals surface area contributed by atoms with Gasteiger partial charge >= 0.3 is 17.9 Å². The van der Waals surface area contributed by atoms with Gasteiger partial charge in [0.05, 0.1) is 5.92 Å². The molecule has 2 atom stereocenters. The van der Waals surface area contributed by atoms with E-state index >= 15 is 0 Å². The molecule has 0 heterocycles. The molecule has 0 bridgehead atoms. The lowest BCUT2D eigenvalue weighted by Gasteiger charge is -2.34. The van der Waals surface area contributed by atoms with Crippen LogP contribution in [0.5, 0.6) is 0 Å². The van der Waals surface area contributed by atoms with E-state index in [1.807, 2.05) is 6.07 Å². The molecule has 8 nitrogen and oxygen atoms in total. The van der Waals surface area contributed by atoms with Crippen molar-refractivity contribution in [1.82, 2.24) is 0 Å². The predicted octanol–water partition coefficient (Wildman–Crippen LogP) is 2.24. The Labute approximate surface area is 187 Å². The number of hydrogen-bond acceptors (Lipinski definition) is 7. The highest BCUT2D eigenvalue weighted by molar-refractivity contribution is 5.91. The third-order valence-electron chi connectivity index (χ3n) is 4.77. The molecule has 0 saturated carbocycles. The molecule has 0 fully saturated rings. The van der Waals surface area contributed by atoms with Gasteiger partial charge in [-0.2, -0.15) is 0 Å². The number of hydrogen-bond donors (Lipinski definition) is 3. The van der Waals surface area contributed by atoms with Crippen molar-refractivity contribution in [3.63, 3.8) is 0 Å². The Morgan fingerprint density at radius 3 is 1.84 bits per heavy atom. The van der Waals surface area contributed by atoms with E-state index in [-0.39, 0.29) is 13.0 Å². The highest BCUT2D eigenvalue weighted by atomic mass is 16.6. The second kappa shape index (κ2) is 10.4. The van der Waals surface area contributed by atoms with Crippen molar-refractivity contribution in [3.05, 3.63) is 71.8 Å². The van der Waals surface area contributed by atoms with Crippen LogP contribution in [-0.2, 0) is 36.9 Å². The summed E-state index contributed by atoms with van der Waals surface area (Å²) in [6, 6.07) is 17.7. The van der Waals surface area contributed by atoms with E-state index in [9.17, 15) is 19.5 Å². The van der Waals surface area contributed by atoms with Crippen LogP contribution in [0.1, 0.15) is 31.9 Å². The summed E-state index contributed by atoms with van der Waals surface area (Å²) in [5.74, 6) is -6.40. The van der Waals surface area contributed by atoms with Gasteiger partial charge in [-0.1, -0.05) is 60.7 Å². The Hall–Kier alpha value is -3.23. The molecule has 2 aromatic rings. The van der Waals surface area contributed by atoms with Crippen molar-refractivity contribution >= 4 is 17.9 Å². The van der Waals surface area contributed by atoms with E-state index in [1.165, 1.54) is 0 Å². The summed E-state index contributed by atoms with van der Waals surface area (Å²) in [5, 5.41) is 9.67. The minimum Gasteiger partial charge on any atom is -0.479 e. The summed E-state index contributed by atoms with van der Waals surface area (Å²) in [7, 11) is 0. The second-order valence-electron chi connectivity index (χ2n) is 8.64. The van der Waals surface area contributed by atoms with Crippen molar-refractivity contribution < 1.29 is 29.0 Å². The van der Waals surface area contributed by atoms with Gasteiger partial charge in [-0.25, -0.2) is 4.79 Å². The summed E-state index contributed by atoms with van der Waals surface area (Å²) in [5.41, 5.74) is 9.73. The SMILES string of the molecule is CC(C)(C)OC(=O)C(Cc1ccccc1)C(C(=O)OCc1ccccc1)C(N)(N)C(=O)O. The zero-order chi connectivity index (χ0) is 23.9. The monoisotopic (exact) mass is 442 g/mol. The van der Waals surface area contributed by atoms with Crippen LogP contribution in [0.2, 0.25) is 0 Å². The van der Waals surface area contributed by atoms with Gasteiger partial charge in [0.25, 0.3) is 0 Å². The first-order chi connectivity index (χ1) is 14.9. The van der Waals surface area contributed by atoms with Gasteiger partial charge in [0.1, 0.15) is 18.1 Å². The van der Waals surface area contributed by atoms with Gasteiger partial charge in [-0.3, -0.25) is 9.59 Å². The van der Waals surface area contributed by atoms with E-state index in [1.54, 1.807) is 75.4 Å². The molecular formula is C24H30N2O6. The van der Waals surface area contributed by atoms with Crippen LogP contribution < -0.4 is 11.5 Å². The van der Waals surface area contributed by atoms with Crippen LogP contribution in [0, 0.1) is 11.8 Å². The van der Waals surface area contributed by atoms with Crippen molar-refractivity contribution in [2.45, 2.75) is 45.1 Å². The van der Waals surface area contributed by atoms with Gasteiger partial charge in [-0.05, 0) is 38.3 Å². The van der Waals surface area contributed by atoms with Gasteiger partial charge in [0, 0.05) is 0 Å². The Morgan fingerprint density at radius 2 is 1.38 bits per heavy atom. The maximum atomic E-state index is 13.1. The number of carbonyl (C=O) groups excluding carboxylic acids is 2. The molecule has 8 heteroatoms. The molecule has 0 spiro atoms. The van der Waals surface area contributed by atoms with Gasteiger partial charge in [0.2, 0.25) is 0 Å². The molecule has 32 heavy (non-hydrogen) atoms. The number of carboxylic acids is 1. The minimum atomic E-state index is -2.57. The molecule has 0 saturated heterocycles. The van der Waals surface area contributed by atoms with Crippen LogP contribution in [0.25, 0.3) is 0 Å². The molecule has 2 unspecified atom stereocenters. The lowest BCUT2D eigenvalue weighted by Crippen LogP contribution is -2.67. The molecule has 2 rings (SSSR count). The first-order valence-electron chi connectivity index (χ1n) is 10.2. The van der Waals surface area contributed by atoms with Crippen molar-refractivity contribution in [2.24, 2.45) is 23.3 Å². The summed E-state index contributed by atoms with van der Waals surface area (Å²) < 4.78 is 10.8. The highest BCUT2D eigenvalue weighted by Gasteiger charge is 2.52. The fraction of sp³-hybridized carbons (Fsp3) is 0.375. The maximum absolute atomic E-state index is 13.1. The minimum absolute atomic E-state index is 0.00964. The van der Waals surface area contributed by atoms with E-state index in [2.05, 4.69) is 0 Å². The van der Waals surface area contributed by atoms with E-state index in [0.717, 1.165) is 0 Å². The average Bonchev–Trinajstić information content (AvgIpc) is 2.71. The number of nitrogens with two attached hydrogens (primary N) is 2. The quantitative estimate of drug-likeness (QED) is 0.396. The fourth-order valence-electron chi connectivity index (χ4n) is 3.23. The predicted molar refractivity (Wildman–Crippen MR) is 118 cm³/mol. The third-order valence-corrected chi connectivity index (χ3v) is 4.77.